The zero-order valence-corrected chi connectivity index (χ0v) is 17.1. The van der Waals surface area contributed by atoms with Crippen LogP contribution in [0.4, 0.5) is 0 Å². The van der Waals surface area contributed by atoms with Crippen LogP contribution in [0.3, 0.4) is 0 Å². The summed E-state index contributed by atoms with van der Waals surface area (Å²) < 4.78 is 7.83. The first-order valence-electron chi connectivity index (χ1n) is 8.19. The second-order valence-electron chi connectivity index (χ2n) is 5.61. The number of imidazole rings is 1. The van der Waals surface area contributed by atoms with Crippen LogP contribution in [0.15, 0.2) is 23.7 Å². The number of aliphatic imine (C=N–C) groups is 1. The van der Waals surface area contributed by atoms with E-state index in [0.717, 1.165) is 45.0 Å². The van der Waals surface area contributed by atoms with Gasteiger partial charge >= 0.3 is 0 Å². The number of nitrogens with zero attached hydrogens (tertiary/aromatic N) is 3. The molecule has 1 heterocycles. The molecule has 0 fully saturated rings. The maximum absolute atomic E-state index is 5.75. The van der Waals surface area contributed by atoms with E-state index in [1.54, 1.807) is 13.2 Å². The summed E-state index contributed by atoms with van der Waals surface area (Å²) in [6.07, 6.45) is 7.94. The van der Waals surface area contributed by atoms with Gasteiger partial charge in [-0.25, -0.2) is 4.98 Å². The van der Waals surface area contributed by atoms with Gasteiger partial charge in [0, 0.05) is 45.7 Å². The third kappa shape index (κ3) is 9.80. The molecule has 0 aliphatic carbocycles. The topological polar surface area (TPSA) is 63.5 Å². The molecule has 1 aromatic heterocycles. The van der Waals surface area contributed by atoms with E-state index in [9.17, 15) is 0 Å². The number of ether oxygens (including phenoxy) is 1. The maximum Gasteiger partial charge on any atom is 0.190 e. The molecule has 1 unspecified atom stereocenters. The lowest BCUT2D eigenvalue weighted by molar-refractivity contribution is 0.0258. The van der Waals surface area contributed by atoms with Gasteiger partial charge in [0.15, 0.2) is 5.96 Å². The number of rotatable bonds is 10. The summed E-state index contributed by atoms with van der Waals surface area (Å²) in [6, 6.07) is 0. The van der Waals surface area contributed by atoms with Gasteiger partial charge in [-0.3, -0.25) is 4.99 Å². The van der Waals surface area contributed by atoms with Crippen LogP contribution in [0.1, 0.15) is 33.6 Å². The summed E-state index contributed by atoms with van der Waals surface area (Å²) in [4.78, 5) is 8.28. The van der Waals surface area contributed by atoms with Crippen molar-refractivity contribution < 1.29 is 4.74 Å². The number of hydrogen-bond donors (Lipinski definition) is 2. The van der Waals surface area contributed by atoms with Crippen molar-refractivity contribution in [1.29, 1.82) is 0 Å². The minimum absolute atomic E-state index is 0. The minimum Gasteiger partial charge on any atom is -0.378 e. The summed E-state index contributed by atoms with van der Waals surface area (Å²) in [7, 11) is 1.80. The number of guanidine groups is 1. The third-order valence-electron chi connectivity index (χ3n) is 3.51. The second kappa shape index (κ2) is 13.6. The van der Waals surface area contributed by atoms with E-state index in [1.165, 1.54) is 0 Å². The van der Waals surface area contributed by atoms with E-state index in [1.807, 2.05) is 19.4 Å². The fourth-order valence-electron chi connectivity index (χ4n) is 2.26. The molecule has 0 aliphatic rings. The Morgan fingerprint density at radius 1 is 1.30 bits per heavy atom. The standard InChI is InChI=1S/C16H31N5O.HI/c1-5-22-15(14(2)3)7-9-20-16(17-4)19-8-6-11-21-12-10-18-13-21;/h10,12-15H,5-9,11H2,1-4H3,(H2,17,19,20);1H. The molecule has 1 atom stereocenters. The van der Waals surface area contributed by atoms with Crippen LogP contribution in [-0.2, 0) is 11.3 Å². The maximum atomic E-state index is 5.75. The molecular formula is C16H32IN5O. The Balaban J connectivity index is 0.00000484. The van der Waals surface area contributed by atoms with E-state index in [0.29, 0.717) is 12.0 Å². The fraction of sp³-hybridized carbons (Fsp3) is 0.750. The van der Waals surface area contributed by atoms with Crippen molar-refractivity contribution in [3.63, 3.8) is 0 Å². The van der Waals surface area contributed by atoms with Crippen LogP contribution < -0.4 is 10.6 Å². The van der Waals surface area contributed by atoms with Crippen LogP contribution in [0.25, 0.3) is 0 Å². The highest BCUT2D eigenvalue weighted by molar-refractivity contribution is 14.0. The number of aryl methyl sites for hydroxylation is 1. The molecule has 23 heavy (non-hydrogen) atoms. The molecule has 0 saturated carbocycles. The van der Waals surface area contributed by atoms with Crippen LogP contribution in [0.5, 0.6) is 0 Å². The summed E-state index contributed by atoms with van der Waals surface area (Å²) in [6.45, 7) is 9.92. The second-order valence-corrected chi connectivity index (χ2v) is 5.61. The van der Waals surface area contributed by atoms with Gasteiger partial charge in [0.2, 0.25) is 0 Å². The normalized spacial score (nSPS) is 12.8. The van der Waals surface area contributed by atoms with Gasteiger partial charge in [-0.15, -0.1) is 24.0 Å². The van der Waals surface area contributed by atoms with Gasteiger partial charge in [0.1, 0.15) is 0 Å². The molecule has 6 nitrogen and oxygen atoms in total. The highest BCUT2D eigenvalue weighted by Crippen LogP contribution is 2.09. The zero-order valence-electron chi connectivity index (χ0n) is 14.8. The zero-order chi connectivity index (χ0) is 16.2. The lowest BCUT2D eigenvalue weighted by Gasteiger charge is -2.21. The van der Waals surface area contributed by atoms with Crippen LogP contribution in [-0.4, -0.2) is 48.4 Å². The Bertz CT molecular complexity index is 409. The number of nitrogens with one attached hydrogen (secondary N) is 2. The van der Waals surface area contributed by atoms with E-state index in [4.69, 9.17) is 4.74 Å². The molecule has 1 aromatic rings. The lowest BCUT2D eigenvalue weighted by atomic mass is 10.0. The molecule has 1 rings (SSSR count). The van der Waals surface area contributed by atoms with Gasteiger partial charge in [-0.1, -0.05) is 13.8 Å². The monoisotopic (exact) mass is 437 g/mol. The predicted octanol–water partition coefficient (Wildman–Crippen LogP) is 2.51. The highest BCUT2D eigenvalue weighted by Gasteiger charge is 2.12. The van der Waals surface area contributed by atoms with E-state index in [2.05, 4.69) is 39.0 Å². The van der Waals surface area contributed by atoms with Gasteiger partial charge in [0.05, 0.1) is 12.4 Å². The summed E-state index contributed by atoms with van der Waals surface area (Å²) in [5, 5.41) is 6.68. The molecule has 0 amide bonds. The van der Waals surface area contributed by atoms with Crippen LogP contribution >= 0.6 is 24.0 Å². The minimum atomic E-state index is 0. The summed E-state index contributed by atoms with van der Waals surface area (Å²) >= 11 is 0. The first-order valence-corrected chi connectivity index (χ1v) is 8.19. The average Bonchev–Trinajstić information content (AvgIpc) is 3.01. The smallest absolute Gasteiger partial charge is 0.190 e. The quantitative estimate of drug-likeness (QED) is 0.256. The Kier molecular flexibility index (Phi) is 13.1. The van der Waals surface area contributed by atoms with Crippen molar-refractivity contribution in [2.45, 2.75) is 46.3 Å². The number of aromatic nitrogens is 2. The Labute approximate surface area is 157 Å². The number of halogens is 1. The van der Waals surface area contributed by atoms with Gasteiger partial charge in [0.25, 0.3) is 0 Å². The Hall–Kier alpha value is -0.830. The summed E-state index contributed by atoms with van der Waals surface area (Å²) in [5.41, 5.74) is 0. The average molecular weight is 437 g/mol. The molecule has 134 valence electrons. The molecule has 2 N–H and O–H groups in total. The van der Waals surface area contributed by atoms with Crippen molar-refractivity contribution >= 4 is 29.9 Å². The molecule has 0 bridgehead atoms. The molecule has 0 aromatic carbocycles. The van der Waals surface area contributed by atoms with E-state index >= 15 is 0 Å². The first kappa shape index (κ1) is 22.2. The van der Waals surface area contributed by atoms with Gasteiger partial charge < -0.3 is 19.9 Å². The molecule has 0 aliphatic heterocycles. The van der Waals surface area contributed by atoms with Gasteiger partial charge in [-0.05, 0) is 25.7 Å². The molecule has 7 heteroatoms. The largest absolute Gasteiger partial charge is 0.378 e. The van der Waals surface area contributed by atoms with E-state index in [-0.39, 0.29) is 24.0 Å². The van der Waals surface area contributed by atoms with Gasteiger partial charge in [-0.2, -0.15) is 0 Å². The molecule has 0 radical (unpaired) electrons. The predicted molar refractivity (Wildman–Crippen MR) is 106 cm³/mol. The lowest BCUT2D eigenvalue weighted by Crippen LogP contribution is -2.39. The van der Waals surface area contributed by atoms with Crippen molar-refractivity contribution in [2.24, 2.45) is 10.9 Å². The number of hydrogen-bond acceptors (Lipinski definition) is 3. The molecular weight excluding hydrogens is 405 g/mol. The van der Waals surface area contributed by atoms with E-state index < -0.39 is 0 Å². The Morgan fingerprint density at radius 2 is 2.04 bits per heavy atom. The van der Waals surface area contributed by atoms with Crippen molar-refractivity contribution in [3.8, 4) is 0 Å². The fourth-order valence-corrected chi connectivity index (χ4v) is 2.26. The van der Waals surface area contributed by atoms with Crippen molar-refractivity contribution in [1.82, 2.24) is 20.2 Å². The Morgan fingerprint density at radius 3 is 2.61 bits per heavy atom. The van der Waals surface area contributed by atoms with Crippen molar-refractivity contribution in [2.75, 3.05) is 26.7 Å². The summed E-state index contributed by atoms with van der Waals surface area (Å²) in [5.74, 6) is 1.39. The molecule has 0 saturated heterocycles. The third-order valence-corrected chi connectivity index (χ3v) is 3.51. The SMILES string of the molecule is CCOC(CCNC(=NC)NCCCn1ccnc1)C(C)C.I. The van der Waals surface area contributed by atoms with Crippen molar-refractivity contribution in [3.05, 3.63) is 18.7 Å². The van der Waals surface area contributed by atoms with Crippen LogP contribution in [0.2, 0.25) is 0 Å². The highest BCUT2D eigenvalue weighted by atomic mass is 127. The first-order chi connectivity index (χ1) is 10.7. The van der Waals surface area contributed by atoms with Crippen LogP contribution in [0, 0.1) is 5.92 Å². The molecule has 0 spiro atoms.